The Balaban J connectivity index is 2.29. The van der Waals surface area contributed by atoms with E-state index in [2.05, 4.69) is 48.1 Å². The number of aliphatic imine (C=N–C) groups is 1. The van der Waals surface area contributed by atoms with Crippen molar-refractivity contribution >= 4 is 5.84 Å². The van der Waals surface area contributed by atoms with Gasteiger partial charge in [-0.1, -0.05) is 29.8 Å². The van der Waals surface area contributed by atoms with Crippen molar-refractivity contribution in [2.24, 2.45) is 4.99 Å². The van der Waals surface area contributed by atoms with Crippen LogP contribution in [0.2, 0.25) is 0 Å². The monoisotopic (exact) mass is 188 g/mol. The Morgan fingerprint density at radius 2 is 1.93 bits per heavy atom. The van der Waals surface area contributed by atoms with Gasteiger partial charge in [0.05, 0.1) is 0 Å². The summed E-state index contributed by atoms with van der Waals surface area (Å²) in [7, 11) is 2.11. The standard InChI is InChI=1S/C12H16N2/c1-10-4-6-11(7-5-10)12-13-8-3-9-14(12)2/h4-7H,3,8-9H2,1-2H3. The molecule has 0 aromatic heterocycles. The molecule has 1 aromatic carbocycles. The van der Waals surface area contributed by atoms with Crippen LogP contribution in [0.1, 0.15) is 17.5 Å². The molecule has 1 aliphatic heterocycles. The van der Waals surface area contributed by atoms with Gasteiger partial charge in [0, 0.05) is 25.7 Å². The molecular weight excluding hydrogens is 172 g/mol. The molecule has 0 radical (unpaired) electrons. The first kappa shape index (κ1) is 9.25. The lowest BCUT2D eigenvalue weighted by atomic mass is 10.1. The lowest BCUT2D eigenvalue weighted by molar-refractivity contribution is 0.468. The number of aryl methyl sites for hydroxylation is 1. The molecule has 0 saturated heterocycles. The van der Waals surface area contributed by atoms with E-state index in [1.807, 2.05) is 0 Å². The third-order valence-corrected chi connectivity index (χ3v) is 2.58. The fourth-order valence-electron chi connectivity index (χ4n) is 1.73. The van der Waals surface area contributed by atoms with Gasteiger partial charge in [0.15, 0.2) is 0 Å². The summed E-state index contributed by atoms with van der Waals surface area (Å²) in [6, 6.07) is 8.58. The van der Waals surface area contributed by atoms with Crippen LogP contribution in [-0.2, 0) is 0 Å². The van der Waals surface area contributed by atoms with Crippen LogP contribution < -0.4 is 0 Å². The highest BCUT2D eigenvalue weighted by molar-refractivity contribution is 5.98. The summed E-state index contributed by atoms with van der Waals surface area (Å²) in [6.07, 6.45) is 1.17. The number of amidine groups is 1. The number of nitrogens with zero attached hydrogens (tertiary/aromatic N) is 2. The van der Waals surface area contributed by atoms with Crippen LogP contribution in [0.15, 0.2) is 29.3 Å². The molecule has 2 nitrogen and oxygen atoms in total. The molecule has 2 heteroatoms. The molecule has 74 valence electrons. The summed E-state index contributed by atoms with van der Waals surface area (Å²) in [6.45, 7) is 4.19. The van der Waals surface area contributed by atoms with Gasteiger partial charge in [-0.25, -0.2) is 0 Å². The van der Waals surface area contributed by atoms with Gasteiger partial charge < -0.3 is 4.90 Å². The van der Waals surface area contributed by atoms with E-state index in [0.717, 1.165) is 18.9 Å². The molecule has 0 amide bonds. The Kier molecular flexibility index (Phi) is 2.53. The first-order valence-electron chi connectivity index (χ1n) is 5.10. The van der Waals surface area contributed by atoms with Crippen molar-refractivity contribution in [2.45, 2.75) is 13.3 Å². The fraction of sp³-hybridized carbons (Fsp3) is 0.417. The molecule has 1 aromatic rings. The molecule has 1 aliphatic rings. The van der Waals surface area contributed by atoms with Crippen molar-refractivity contribution in [3.05, 3.63) is 35.4 Å². The zero-order chi connectivity index (χ0) is 9.97. The average Bonchev–Trinajstić information content (AvgIpc) is 2.20. The quantitative estimate of drug-likeness (QED) is 0.659. The largest absolute Gasteiger partial charge is 0.359 e. The van der Waals surface area contributed by atoms with Crippen LogP contribution in [0, 0.1) is 6.92 Å². The topological polar surface area (TPSA) is 15.6 Å². The molecule has 0 saturated carbocycles. The Morgan fingerprint density at radius 3 is 2.57 bits per heavy atom. The van der Waals surface area contributed by atoms with Gasteiger partial charge >= 0.3 is 0 Å². The number of rotatable bonds is 1. The van der Waals surface area contributed by atoms with E-state index in [1.165, 1.54) is 17.5 Å². The van der Waals surface area contributed by atoms with Gasteiger partial charge in [-0.05, 0) is 13.3 Å². The lowest BCUT2D eigenvalue weighted by Gasteiger charge is -2.25. The van der Waals surface area contributed by atoms with Gasteiger partial charge in [-0.3, -0.25) is 4.99 Å². The minimum atomic E-state index is 0.966. The lowest BCUT2D eigenvalue weighted by Crippen LogP contribution is -2.32. The van der Waals surface area contributed by atoms with E-state index >= 15 is 0 Å². The van der Waals surface area contributed by atoms with Gasteiger partial charge in [0.1, 0.15) is 5.84 Å². The minimum Gasteiger partial charge on any atom is -0.359 e. The molecule has 0 spiro atoms. The summed E-state index contributed by atoms with van der Waals surface area (Å²) < 4.78 is 0. The van der Waals surface area contributed by atoms with E-state index < -0.39 is 0 Å². The second-order valence-electron chi connectivity index (χ2n) is 3.85. The van der Waals surface area contributed by atoms with E-state index in [4.69, 9.17) is 0 Å². The third kappa shape index (κ3) is 1.79. The van der Waals surface area contributed by atoms with Gasteiger partial charge in [-0.15, -0.1) is 0 Å². The van der Waals surface area contributed by atoms with Gasteiger partial charge in [0.25, 0.3) is 0 Å². The highest BCUT2D eigenvalue weighted by Crippen LogP contribution is 2.10. The number of hydrogen-bond acceptors (Lipinski definition) is 2. The molecular formula is C12H16N2. The summed E-state index contributed by atoms with van der Waals surface area (Å²) >= 11 is 0. The molecule has 2 rings (SSSR count). The predicted molar refractivity (Wildman–Crippen MR) is 59.8 cm³/mol. The average molecular weight is 188 g/mol. The molecule has 0 atom stereocenters. The van der Waals surface area contributed by atoms with Crippen LogP contribution in [0.4, 0.5) is 0 Å². The van der Waals surface area contributed by atoms with Crippen LogP contribution in [0.5, 0.6) is 0 Å². The van der Waals surface area contributed by atoms with Crippen molar-refractivity contribution in [2.75, 3.05) is 20.1 Å². The SMILES string of the molecule is Cc1ccc(C2=NCCCN2C)cc1. The first-order valence-corrected chi connectivity index (χ1v) is 5.10. The van der Waals surface area contributed by atoms with Crippen molar-refractivity contribution in [3.63, 3.8) is 0 Å². The zero-order valence-corrected chi connectivity index (χ0v) is 8.83. The number of hydrogen-bond donors (Lipinski definition) is 0. The maximum absolute atomic E-state index is 4.55. The van der Waals surface area contributed by atoms with E-state index in [-0.39, 0.29) is 0 Å². The second-order valence-corrected chi connectivity index (χ2v) is 3.85. The molecule has 1 heterocycles. The van der Waals surface area contributed by atoms with Crippen molar-refractivity contribution in [1.82, 2.24) is 4.90 Å². The molecule has 0 bridgehead atoms. The zero-order valence-electron chi connectivity index (χ0n) is 8.83. The Morgan fingerprint density at radius 1 is 1.21 bits per heavy atom. The summed E-state index contributed by atoms with van der Waals surface area (Å²) in [4.78, 5) is 6.78. The fourth-order valence-corrected chi connectivity index (χ4v) is 1.73. The molecule has 0 fully saturated rings. The van der Waals surface area contributed by atoms with E-state index in [9.17, 15) is 0 Å². The highest BCUT2D eigenvalue weighted by atomic mass is 15.2. The van der Waals surface area contributed by atoms with Crippen molar-refractivity contribution in [3.8, 4) is 0 Å². The van der Waals surface area contributed by atoms with Crippen LogP contribution >= 0.6 is 0 Å². The van der Waals surface area contributed by atoms with E-state index in [0.29, 0.717) is 0 Å². The maximum Gasteiger partial charge on any atom is 0.130 e. The molecule has 0 N–H and O–H groups in total. The highest BCUT2D eigenvalue weighted by Gasteiger charge is 2.12. The second kappa shape index (κ2) is 3.82. The number of benzene rings is 1. The normalized spacial score (nSPS) is 16.7. The van der Waals surface area contributed by atoms with Crippen molar-refractivity contribution < 1.29 is 0 Å². The van der Waals surface area contributed by atoms with E-state index in [1.54, 1.807) is 0 Å². The van der Waals surface area contributed by atoms with Crippen molar-refractivity contribution in [1.29, 1.82) is 0 Å². The Bertz CT molecular complexity index is 338. The minimum absolute atomic E-state index is 0.966. The van der Waals surface area contributed by atoms with Gasteiger partial charge in [0.2, 0.25) is 0 Å². The van der Waals surface area contributed by atoms with Crippen LogP contribution in [0.3, 0.4) is 0 Å². The molecule has 0 aliphatic carbocycles. The van der Waals surface area contributed by atoms with Gasteiger partial charge in [-0.2, -0.15) is 0 Å². The Labute approximate surface area is 85.3 Å². The first-order chi connectivity index (χ1) is 6.77. The summed E-state index contributed by atoms with van der Waals surface area (Å²) in [5.74, 6) is 1.14. The van der Waals surface area contributed by atoms with Crippen LogP contribution in [-0.4, -0.2) is 30.9 Å². The molecule has 14 heavy (non-hydrogen) atoms. The van der Waals surface area contributed by atoms with Crippen LogP contribution in [0.25, 0.3) is 0 Å². The maximum atomic E-state index is 4.55. The Hall–Kier alpha value is -1.31. The summed E-state index contributed by atoms with van der Waals surface area (Å²) in [5, 5.41) is 0. The summed E-state index contributed by atoms with van der Waals surface area (Å²) in [5.41, 5.74) is 2.53. The third-order valence-electron chi connectivity index (χ3n) is 2.58. The molecule has 0 unspecified atom stereocenters. The predicted octanol–water partition coefficient (Wildman–Crippen LogP) is 2.08. The smallest absolute Gasteiger partial charge is 0.130 e.